The minimum atomic E-state index is -0.463. The van der Waals surface area contributed by atoms with Crippen LogP contribution in [0.2, 0.25) is 10.0 Å². The zero-order valence-electron chi connectivity index (χ0n) is 14.7. The van der Waals surface area contributed by atoms with E-state index in [4.69, 9.17) is 23.2 Å². The molecular formula is C20H20Cl2FN3O. The van der Waals surface area contributed by atoms with Crippen LogP contribution in [0.25, 0.3) is 0 Å². The maximum Gasteiger partial charge on any atom is 0.238 e. The van der Waals surface area contributed by atoms with E-state index >= 15 is 0 Å². The fourth-order valence-electron chi connectivity index (χ4n) is 4.15. The van der Waals surface area contributed by atoms with Crippen LogP contribution >= 0.6 is 23.2 Å². The highest BCUT2D eigenvalue weighted by molar-refractivity contribution is 6.31. The smallest absolute Gasteiger partial charge is 0.238 e. The molecule has 2 aromatic rings. The molecule has 0 bridgehead atoms. The molecule has 2 saturated heterocycles. The topological polar surface area (TPSA) is 35.6 Å². The Labute approximate surface area is 167 Å². The molecule has 0 radical (unpaired) electrons. The van der Waals surface area contributed by atoms with Crippen molar-refractivity contribution in [1.29, 1.82) is 0 Å². The zero-order chi connectivity index (χ0) is 19.0. The highest BCUT2D eigenvalue weighted by Gasteiger charge is 2.51. The van der Waals surface area contributed by atoms with Gasteiger partial charge in [-0.2, -0.15) is 0 Å². The standard InChI is InChI=1S/C20H20Cl2FN3O/c21-15-3-1-2-14(4-15)8-25-10-20(11-25)12-26(13-20)9-19(27)24-18-6-16(22)5-17(23)7-18/h1-7H,8-13H2,(H,24,27). The number of halogens is 3. The Kier molecular flexibility index (Phi) is 5.12. The Bertz CT molecular complexity index is 842. The molecule has 0 aromatic heterocycles. The number of likely N-dealkylation sites (tertiary alicyclic amines) is 2. The van der Waals surface area contributed by atoms with Crippen LogP contribution in [0.1, 0.15) is 5.56 Å². The molecule has 4 nitrogen and oxygen atoms in total. The second-order valence-electron chi connectivity index (χ2n) is 7.63. The van der Waals surface area contributed by atoms with Crippen molar-refractivity contribution in [3.63, 3.8) is 0 Å². The van der Waals surface area contributed by atoms with Gasteiger partial charge in [-0.15, -0.1) is 0 Å². The quantitative estimate of drug-likeness (QED) is 0.816. The predicted octanol–water partition coefficient (Wildman–Crippen LogP) is 3.89. The number of benzene rings is 2. The first kappa shape index (κ1) is 18.7. The van der Waals surface area contributed by atoms with Crippen molar-refractivity contribution in [3.8, 4) is 0 Å². The average Bonchev–Trinajstić information content (AvgIpc) is 2.49. The van der Waals surface area contributed by atoms with Crippen molar-refractivity contribution >= 4 is 34.8 Å². The van der Waals surface area contributed by atoms with Crippen LogP contribution < -0.4 is 5.32 Å². The third-order valence-corrected chi connectivity index (χ3v) is 5.50. The number of hydrogen-bond donors (Lipinski definition) is 1. The number of carbonyl (C=O) groups is 1. The fourth-order valence-corrected chi connectivity index (χ4v) is 4.59. The van der Waals surface area contributed by atoms with Crippen molar-refractivity contribution in [3.05, 3.63) is 63.9 Å². The van der Waals surface area contributed by atoms with E-state index in [1.54, 1.807) is 6.07 Å². The first-order valence-corrected chi connectivity index (χ1v) is 9.60. The number of nitrogens with zero attached hydrogens (tertiary/aromatic N) is 2. The average molecular weight is 408 g/mol. The van der Waals surface area contributed by atoms with Gasteiger partial charge in [0, 0.05) is 53.9 Å². The SMILES string of the molecule is O=C(CN1CC2(C1)CN(Cc1cccc(Cl)c1)C2)Nc1cc(F)cc(Cl)c1. The third-order valence-electron chi connectivity index (χ3n) is 5.04. The number of rotatable bonds is 5. The Hall–Kier alpha value is -1.66. The summed E-state index contributed by atoms with van der Waals surface area (Å²) in [5, 5.41) is 3.74. The molecule has 0 aliphatic carbocycles. The van der Waals surface area contributed by atoms with E-state index in [-0.39, 0.29) is 10.9 Å². The Morgan fingerprint density at radius 2 is 1.78 bits per heavy atom. The van der Waals surface area contributed by atoms with Gasteiger partial charge in [0.25, 0.3) is 0 Å². The number of carbonyl (C=O) groups excluding carboxylic acids is 1. The summed E-state index contributed by atoms with van der Waals surface area (Å²) in [5.41, 5.74) is 1.92. The molecular weight excluding hydrogens is 388 g/mol. The molecule has 1 N–H and O–H groups in total. The normalized spacial score (nSPS) is 18.8. The molecule has 1 amide bonds. The lowest BCUT2D eigenvalue weighted by molar-refractivity contribution is -0.134. The molecule has 0 unspecified atom stereocenters. The van der Waals surface area contributed by atoms with Gasteiger partial charge in [-0.3, -0.25) is 14.6 Å². The highest BCUT2D eigenvalue weighted by atomic mass is 35.5. The Morgan fingerprint density at radius 1 is 1.04 bits per heavy atom. The fraction of sp³-hybridized carbons (Fsp3) is 0.350. The lowest BCUT2D eigenvalue weighted by Crippen LogP contribution is -2.72. The van der Waals surface area contributed by atoms with Gasteiger partial charge in [-0.1, -0.05) is 35.3 Å². The Morgan fingerprint density at radius 3 is 2.48 bits per heavy atom. The number of amides is 1. The van der Waals surface area contributed by atoms with Gasteiger partial charge in [0.15, 0.2) is 0 Å². The van der Waals surface area contributed by atoms with Crippen molar-refractivity contribution in [2.75, 3.05) is 38.0 Å². The van der Waals surface area contributed by atoms with Gasteiger partial charge in [0.05, 0.1) is 6.54 Å². The second kappa shape index (κ2) is 7.40. The van der Waals surface area contributed by atoms with E-state index in [2.05, 4.69) is 21.2 Å². The lowest BCUT2D eigenvalue weighted by atomic mass is 9.72. The van der Waals surface area contributed by atoms with Crippen molar-refractivity contribution in [1.82, 2.24) is 9.80 Å². The van der Waals surface area contributed by atoms with Crippen molar-refractivity contribution < 1.29 is 9.18 Å². The van der Waals surface area contributed by atoms with Crippen molar-refractivity contribution in [2.24, 2.45) is 5.41 Å². The summed E-state index contributed by atoms with van der Waals surface area (Å²) >= 11 is 11.8. The number of nitrogens with one attached hydrogen (secondary N) is 1. The van der Waals surface area contributed by atoms with E-state index < -0.39 is 5.82 Å². The van der Waals surface area contributed by atoms with E-state index in [0.29, 0.717) is 17.6 Å². The van der Waals surface area contributed by atoms with E-state index in [0.717, 1.165) is 37.7 Å². The lowest BCUT2D eigenvalue weighted by Gasteiger charge is -2.60. The number of hydrogen-bond acceptors (Lipinski definition) is 3. The molecule has 2 fully saturated rings. The molecule has 0 saturated carbocycles. The minimum absolute atomic E-state index is 0.151. The molecule has 0 atom stereocenters. The first-order valence-electron chi connectivity index (χ1n) is 8.84. The molecule has 27 heavy (non-hydrogen) atoms. The molecule has 4 rings (SSSR count). The monoisotopic (exact) mass is 407 g/mol. The summed E-state index contributed by atoms with van der Waals surface area (Å²) in [6.45, 7) is 5.12. The minimum Gasteiger partial charge on any atom is -0.325 e. The third kappa shape index (κ3) is 4.43. The van der Waals surface area contributed by atoms with Crippen LogP contribution in [-0.4, -0.2) is 48.4 Å². The predicted molar refractivity (Wildman–Crippen MR) is 106 cm³/mol. The van der Waals surface area contributed by atoms with E-state index in [1.165, 1.54) is 17.7 Å². The molecule has 2 aliphatic heterocycles. The van der Waals surface area contributed by atoms with Crippen LogP contribution in [0, 0.1) is 11.2 Å². The maximum absolute atomic E-state index is 13.3. The summed E-state index contributed by atoms with van der Waals surface area (Å²) < 4.78 is 13.3. The van der Waals surface area contributed by atoms with Gasteiger partial charge in [-0.25, -0.2) is 4.39 Å². The van der Waals surface area contributed by atoms with Crippen LogP contribution in [-0.2, 0) is 11.3 Å². The summed E-state index contributed by atoms with van der Waals surface area (Å²) in [6, 6.07) is 12.0. The number of anilines is 1. The van der Waals surface area contributed by atoms with E-state index in [9.17, 15) is 9.18 Å². The first-order chi connectivity index (χ1) is 12.9. The highest BCUT2D eigenvalue weighted by Crippen LogP contribution is 2.40. The zero-order valence-corrected chi connectivity index (χ0v) is 16.2. The van der Waals surface area contributed by atoms with Crippen molar-refractivity contribution in [2.45, 2.75) is 6.54 Å². The van der Waals surface area contributed by atoms with Gasteiger partial charge in [0.1, 0.15) is 5.82 Å². The van der Waals surface area contributed by atoms with Gasteiger partial charge < -0.3 is 5.32 Å². The van der Waals surface area contributed by atoms with Crippen LogP contribution in [0.4, 0.5) is 10.1 Å². The summed E-state index contributed by atoms with van der Waals surface area (Å²) in [4.78, 5) is 16.7. The molecule has 2 aromatic carbocycles. The van der Waals surface area contributed by atoms with Crippen LogP contribution in [0.5, 0.6) is 0 Å². The second-order valence-corrected chi connectivity index (χ2v) is 8.50. The molecule has 2 aliphatic rings. The van der Waals surface area contributed by atoms with Gasteiger partial charge in [-0.05, 0) is 35.9 Å². The largest absolute Gasteiger partial charge is 0.325 e. The molecule has 2 heterocycles. The molecule has 1 spiro atoms. The van der Waals surface area contributed by atoms with Gasteiger partial charge >= 0.3 is 0 Å². The summed E-state index contributed by atoms with van der Waals surface area (Å²) in [7, 11) is 0. The summed E-state index contributed by atoms with van der Waals surface area (Å²) in [6.07, 6.45) is 0. The van der Waals surface area contributed by atoms with Crippen LogP contribution in [0.15, 0.2) is 42.5 Å². The molecule has 142 valence electrons. The maximum atomic E-state index is 13.3. The van der Waals surface area contributed by atoms with Gasteiger partial charge in [0.2, 0.25) is 5.91 Å². The summed E-state index contributed by atoms with van der Waals surface area (Å²) in [5.74, 6) is -0.614. The molecule has 7 heteroatoms. The van der Waals surface area contributed by atoms with Crippen LogP contribution in [0.3, 0.4) is 0 Å². The Balaban J connectivity index is 1.21. The van der Waals surface area contributed by atoms with E-state index in [1.807, 2.05) is 18.2 Å².